The van der Waals surface area contributed by atoms with E-state index in [-0.39, 0.29) is 0 Å². The third-order valence-corrected chi connectivity index (χ3v) is 2.68. The van der Waals surface area contributed by atoms with E-state index in [1.54, 1.807) is 6.08 Å². The highest BCUT2D eigenvalue weighted by Crippen LogP contribution is 2.28. The van der Waals surface area contributed by atoms with Gasteiger partial charge in [-0.1, -0.05) is 109 Å². The summed E-state index contributed by atoms with van der Waals surface area (Å²) in [5.41, 5.74) is 4.33. The van der Waals surface area contributed by atoms with E-state index in [4.69, 9.17) is 0 Å². The van der Waals surface area contributed by atoms with Crippen LogP contribution in [-0.2, 0) is 0 Å². The van der Waals surface area contributed by atoms with Crippen molar-refractivity contribution < 1.29 is 0 Å². The lowest BCUT2D eigenvalue weighted by Gasteiger charge is -2.12. The minimum absolute atomic E-state index is 0.974. The minimum Gasteiger partial charge on any atom is -0.0990 e. The van der Waals surface area contributed by atoms with Crippen LogP contribution in [0.25, 0.3) is 5.57 Å². The lowest BCUT2D eigenvalue weighted by molar-refractivity contribution is 1.22. The van der Waals surface area contributed by atoms with Crippen molar-refractivity contribution in [2.24, 2.45) is 0 Å². The fraction of sp³-hybridized carbons (Fsp3) is 0.273. The maximum absolute atomic E-state index is 4.18. The molecule has 0 saturated heterocycles. The Morgan fingerprint density at radius 3 is 1.95 bits per heavy atom. The van der Waals surface area contributed by atoms with Gasteiger partial charge in [0.2, 0.25) is 0 Å². The maximum atomic E-state index is 4.18. The summed E-state index contributed by atoms with van der Waals surface area (Å²) in [6.45, 7) is 21.9. The van der Waals surface area contributed by atoms with Gasteiger partial charge in [-0.25, -0.2) is 0 Å². The summed E-state index contributed by atoms with van der Waals surface area (Å²) >= 11 is 0. The Morgan fingerprint density at radius 1 is 1.00 bits per heavy atom. The van der Waals surface area contributed by atoms with Gasteiger partial charge in [0, 0.05) is 0 Å². The zero-order valence-corrected chi connectivity index (χ0v) is 15.0. The fourth-order valence-electron chi connectivity index (χ4n) is 1.81. The van der Waals surface area contributed by atoms with E-state index in [0.717, 1.165) is 23.1 Å². The van der Waals surface area contributed by atoms with Gasteiger partial charge in [-0.15, -0.1) is 0 Å². The van der Waals surface area contributed by atoms with Crippen LogP contribution in [0.4, 0.5) is 0 Å². The highest BCUT2D eigenvalue weighted by atomic mass is 14.1. The molecule has 0 atom stereocenters. The second kappa shape index (κ2) is 15.3. The van der Waals surface area contributed by atoms with Gasteiger partial charge in [0.25, 0.3) is 0 Å². The molecule has 0 bridgehead atoms. The highest BCUT2D eigenvalue weighted by molar-refractivity contribution is 5.84. The van der Waals surface area contributed by atoms with Crippen LogP contribution < -0.4 is 0 Å². The van der Waals surface area contributed by atoms with E-state index in [1.807, 2.05) is 58.0 Å². The van der Waals surface area contributed by atoms with Crippen LogP contribution in [0.5, 0.6) is 0 Å². The van der Waals surface area contributed by atoms with E-state index in [2.05, 4.69) is 44.9 Å². The van der Waals surface area contributed by atoms with Gasteiger partial charge in [-0.2, -0.15) is 0 Å². The quantitative estimate of drug-likeness (QED) is 0.480. The van der Waals surface area contributed by atoms with Crippen molar-refractivity contribution in [2.45, 2.75) is 41.0 Å². The smallest absolute Gasteiger partial charge is 0.0151 e. The SMILES string of the molecule is C=C/C=C(\C=C)C(=C)/C(=C/CC)c1ccccc1.CC.CC. The van der Waals surface area contributed by atoms with Crippen LogP contribution >= 0.6 is 0 Å². The van der Waals surface area contributed by atoms with Gasteiger partial charge in [-0.3, -0.25) is 0 Å². The molecule has 0 aliphatic heterocycles. The molecule has 120 valence electrons. The number of benzene rings is 1. The molecule has 22 heavy (non-hydrogen) atoms. The first-order valence-electron chi connectivity index (χ1n) is 8.15. The van der Waals surface area contributed by atoms with E-state index in [1.165, 1.54) is 5.56 Å². The summed E-state index contributed by atoms with van der Waals surface area (Å²) < 4.78 is 0. The third-order valence-electron chi connectivity index (χ3n) is 2.68. The molecule has 0 heteroatoms. The Kier molecular flexibility index (Phi) is 15.5. The normalized spacial score (nSPS) is 10.4. The zero-order valence-electron chi connectivity index (χ0n) is 15.0. The monoisotopic (exact) mass is 296 g/mol. The van der Waals surface area contributed by atoms with Crippen LogP contribution in [0.1, 0.15) is 46.6 Å². The van der Waals surface area contributed by atoms with Gasteiger partial charge < -0.3 is 0 Å². The second-order valence-electron chi connectivity index (χ2n) is 3.93. The molecule has 1 aromatic carbocycles. The van der Waals surface area contributed by atoms with Crippen molar-refractivity contribution in [2.75, 3.05) is 0 Å². The molecule has 0 heterocycles. The average Bonchev–Trinajstić information content (AvgIpc) is 2.61. The van der Waals surface area contributed by atoms with Crippen molar-refractivity contribution in [1.82, 2.24) is 0 Å². The molecule has 0 radical (unpaired) electrons. The summed E-state index contributed by atoms with van der Waals surface area (Å²) in [4.78, 5) is 0. The zero-order chi connectivity index (χ0) is 17.4. The van der Waals surface area contributed by atoms with Crippen LogP contribution in [-0.4, -0.2) is 0 Å². The predicted molar refractivity (Wildman–Crippen MR) is 105 cm³/mol. The molecule has 0 aliphatic rings. The average molecular weight is 296 g/mol. The number of hydrogen-bond acceptors (Lipinski definition) is 0. The Morgan fingerprint density at radius 2 is 1.55 bits per heavy atom. The molecule has 0 fully saturated rings. The fourth-order valence-corrected chi connectivity index (χ4v) is 1.81. The Balaban J connectivity index is 0. The molecule has 0 saturated carbocycles. The number of hydrogen-bond donors (Lipinski definition) is 0. The third kappa shape index (κ3) is 7.64. The van der Waals surface area contributed by atoms with E-state index < -0.39 is 0 Å². The van der Waals surface area contributed by atoms with Crippen LogP contribution in [0.2, 0.25) is 0 Å². The maximum Gasteiger partial charge on any atom is -0.0151 e. The largest absolute Gasteiger partial charge is 0.0990 e. The summed E-state index contributed by atoms with van der Waals surface area (Å²) in [7, 11) is 0. The molecular formula is C22H32. The summed E-state index contributed by atoms with van der Waals surface area (Å²) in [6.07, 6.45) is 8.68. The molecule has 1 aromatic rings. The molecule has 1 rings (SSSR count). The van der Waals surface area contributed by atoms with Gasteiger partial charge in [0.1, 0.15) is 0 Å². The van der Waals surface area contributed by atoms with Crippen molar-refractivity contribution >= 4 is 5.57 Å². The van der Waals surface area contributed by atoms with Crippen molar-refractivity contribution in [3.8, 4) is 0 Å². The first-order chi connectivity index (χ1) is 10.7. The van der Waals surface area contributed by atoms with Crippen molar-refractivity contribution in [3.05, 3.63) is 91.1 Å². The Bertz CT molecular complexity index is 484. The van der Waals surface area contributed by atoms with Crippen molar-refractivity contribution in [3.63, 3.8) is 0 Å². The Labute approximate surface area is 138 Å². The first kappa shape index (κ1) is 22.2. The molecular weight excluding hydrogens is 264 g/mol. The minimum atomic E-state index is 0.974. The molecule has 0 aromatic heterocycles. The van der Waals surface area contributed by atoms with Gasteiger partial charge in [0.15, 0.2) is 0 Å². The second-order valence-corrected chi connectivity index (χ2v) is 3.93. The number of rotatable bonds is 6. The molecule has 0 amide bonds. The molecule has 0 spiro atoms. The van der Waals surface area contributed by atoms with Crippen molar-refractivity contribution in [1.29, 1.82) is 0 Å². The van der Waals surface area contributed by atoms with Gasteiger partial charge in [0.05, 0.1) is 0 Å². The first-order valence-corrected chi connectivity index (χ1v) is 8.15. The van der Waals surface area contributed by atoms with E-state index >= 15 is 0 Å². The van der Waals surface area contributed by atoms with Crippen LogP contribution in [0, 0.1) is 0 Å². The molecule has 0 nitrogen and oxygen atoms in total. The molecule has 0 unspecified atom stereocenters. The molecule has 0 aliphatic carbocycles. The van der Waals surface area contributed by atoms with Crippen LogP contribution in [0.3, 0.4) is 0 Å². The summed E-state index contributed by atoms with van der Waals surface area (Å²) in [5, 5.41) is 0. The summed E-state index contributed by atoms with van der Waals surface area (Å²) in [5.74, 6) is 0. The van der Waals surface area contributed by atoms with Gasteiger partial charge >= 0.3 is 0 Å². The predicted octanol–water partition coefficient (Wildman–Crippen LogP) is 7.39. The summed E-state index contributed by atoms with van der Waals surface area (Å²) in [6, 6.07) is 10.3. The van der Waals surface area contributed by atoms with E-state index in [0.29, 0.717) is 0 Å². The van der Waals surface area contributed by atoms with Crippen LogP contribution in [0.15, 0.2) is 85.5 Å². The number of allylic oxidation sites excluding steroid dienone is 7. The standard InChI is InChI=1S/C18H20.2C2H6/c1-5-11-16(7-3)15(4)18(12-6-2)17-13-9-8-10-14-17;2*1-2/h5,7-14H,1,3-4,6H2,2H3;2*1-2H3/b16-11+,18-12-;;. The molecule has 0 N–H and O–H groups in total. The Hall–Kier alpha value is -2.08. The topological polar surface area (TPSA) is 0 Å². The lowest BCUT2D eigenvalue weighted by atomic mass is 9.92. The highest BCUT2D eigenvalue weighted by Gasteiger charge is 2.07. The van der Waals surface area contributed by atoms with Gasteiger partial charge in [-0.05, 0) is 28.7 Å². The van der Waals surface area contributed by atoms with E-state index in [9.17, 15) is 0 Å². The lowest BCUT2D eigenvalue weighted by Crippen LogP contribution is -1.91.